The second-order valence-electron chi connectivity index (χ2n) is 5.05. The fourth-order valence-electron chi connectivity index (χ4n) is 2.57. The lowest BCUT2D eigenvalue weighted by atomic mass is 9.99. The molecule has 0 saturated heterocycles. The molecular weight excluding hydrogens is 248 g/mol. The Labute approximate surface area is 118 Å². The first-order valence-corrected chi connectivity index (χ1v) is 6.88. The van der Waals surface area contributed by atoms with Crippen LogP contribution in [-0.2, 0) is 6.42 Å². The van der Waals surface area contributed by atoms with Crippen LogP contribution in [0.25, 0.3) is 11.0 Å². The van der Waals surface area contributed by atoms with Gasteiger partial charge in [0.05, 0.1) is 6.04 Å². The number of furan rings is 1. The van der Waals surface area contributed by atoms with Crippen LogP contribution in [0.1, 0.15) is 35.4 Å². The predicted molar refractivity (Wildman–Crippen MR) is 80.6 cm³/mol. The number of aryl methyl sites for hydroxylation is 2. The fourth-order valence-corrected chi connectivity index (χ4v) is 2.57. The molecule has 1 unspecified atom stereocenters. The molecule has 0 aliphatic rings. The summed E-state index contributed by atoms with van der Waals surface area (Å²) in [5.74, 6) is 0.801. The molecule has 2 heterocycles. The average molecular weight is 266 g/mol. The maximum Gasteiger partial charge on any atom is 0.137 e. The molecule has 3 aromatic rings. The molecule has 0 aliphatic heterocycles. The summed E-state index contributed by atoms with van der Waals surface area (Å²) in [7, 11) is 0. The van der Waals surface area contributed by atoms with Crippen LogP contribution in [0.3, 0.4) is 0 Å². The van der Waals surface area contributed by atoms with Gasteiger partial charge in [-0.3, -0.25) is 4.98 Å². The number of nitrogens with zero attached hydrogens (tertiary/aromatic N) is 1. The van der Waals surface area contributed by atoms with Gasteiger partial charge in [0, 0.05) is 17.8 Å². The van der Waals surface area contributed by atoms with E-state index in [9.17, 15) is 0 Å². The van der Waals surface area contributed by atoms with E-state index < -0.39 is 0 Å². The van der Waals surface area contributed by atoms with Crippen LogP contribution in [-0.4, -0.2) is 4.98 Å². The van der Waals surface area contributed by atoms with Gasteiger partial charge in [-0.25, -0.2) is 0 Å². The number of rotatable bonds is 3. The molecule has 102 valence electrons. The van der Waals surface area contributed by atoms with Crippen molar-refractivity contribution in [2.24, 2.45) is 5.73 Å². The molecule has 1 aromatic carbocycles. The minimum atomic E-state index is -0.250. The summed E-state index contributed by atoms with van der Waals surface area (Å²) in [4.78, 5) is 4.16. The van der Waals surface area contributed by atoms with Crippen molar-refractivity contribution < 1.29 is 4.42 Å². The van der Waals surface area contributed by atoms with Crippen LogP contribution in [0.5, 0.6) is 0 Å². The number of hydrogen-bond donors (Lipinski definition) is 1. The summed E-state index contributed by atoms with van der Waals surface area (Å²) in [6.45, 7) is 4.15. The maximum absolute atomic E-state index is 6.39. The van der Waals surface area contributed by atoms with Crippen molar-refractivity contribution in [1.29, 1.82) is 0 Å². The first-order valence-electron chi connectivity index (χ1n) is 6.88. The molecule has 0 amide bonds. The van der Waals surface area contributed by atoms with E-state index in [2.05, 4.69) is 18.0 Å². The Hall–Kier alpha value is -2.13. The highest BCUT2D eigenvalue weighted by molar-refractivity contribution is 5.81. The van der Waals surface area contributed by atoms with E-state index in [-0.39, 0.29) is 6.04 Å². The Balaban J connectivity index is 2.08. The normalized spacial score (nSPS) is 12.8. The molecule has 0 aliphatic carbocycles. The minimum absolute atomic E-state index is 0.250. The van der Waals surface area contributed by atoms with E-state index in [1.807, 2.05) is 37.4 Å². The molecule has 0 bridgehead atoms. The van der Waals surface area contributed by atoms with Crippen LogP contribution < -0.4 is 5.73 Å². The number of aromatic nitrogens is 1. The molecule has 2 N–H and O–H groups in total. The van der Waals surface area contributed by atoms with Crippen LogP contribution in [0.15, 0.2) is 47.1 Å². The highest BCUT2D eigenvalue weighted by atomic mass is 16.3. The van der Waals surface area contributed by atoms with Crippen molar-refractivity contribution in [2.45, 2.75) is 26.3 Å². The van der Waals surface area contributed by atoms with Gasteiger partial charge in [0.2, 0.25) is 0 Å². The summed E-state index contributed by atoms with van der Waals surface area (Å²) in [6.07, 6.45) is 4.57. The van der Waals surface area contributed by atoms with Crippen LogP contribution in [0.4, 0.5) is 0 Å². The summed E-state index contributed by atoms with van der Waals surface area (Å²) in [5, 5.41) is 1.10. The minimum Gasteiger partial charge on any atom is -0.459 e. The molecule has 2 aromatic heterocycles. The van der Waals surface area contributed by atoms with Gasteiger partial charge in [-0.1, -0.05) is 25.1 Å². The molecule has 20 heavy (non-hydrogen) atoms. The van der Waals surface area contributed by atoms with Crippen molar-refractivity contribution in [2.75, 3.05) is 0 Å². The SMILES string of the molecule is CCc1cnccc1C(N)c1cc2cccc(C)c2o1. The molecule has 3 nitrogen and oxygen atoms in total. The molecule has 0 spiro atoms. The van der Waals surface area contributed by atoms with Crippen LogP contribution in [0, 0.1) is 6.92 Å². The lowest BCUT2D eigenvalue weighted by Gasteiger charge is -2.12. The van der Waals surface area contributed by atoms with E-state index in [4.69, 9.17) is 10.2 Å². The van der Waals surface area contributed by atoms with E-state index in [1.54, 1.807) is 6.20 Å². The summed E-state index contributed by atoms with van der Waals surface area (Å²) < 4.78 is 5.97. The van der Waals surface area contributed by atoms with Gasteiger partial charge < -0.3 is 10.2 Å². The predicted octanol–water partition coefficient (Wildman–Crippen LogP) is 3.75. The largest absolute Gasteiger partial charge is 0.459 e. The van der Waals surface area contributed by atoms with Gasteiger partial charge in [0.1, 0.15) is 11.3 Å². The number of nitrogens with two attached hydrogens (primary N) is 1. The van der Waals surface area contributed by atoms with Crippen molar-refractivity contribution in [3.8, 4) is 0 Å². The Morgan fingerprint density at radius 2 is 2.15 bits per heavy atom. The highest BCUT2D eigenvalue weighted by Gasteiger charge is 2.17. The number of fused-ring (bicyclic) bond motifs is 1. The number of para-hydroxylation sites is 1. The van der Waals surface area contributed by atoms with E-state index in [1.165, 1.54) is 0 Å². The number of pyridine rings is 1. The Kier molecular flexibility index (Phi) is 3.28. The molecule has 0 fully saturated rings. The van der Waals surface area contributed by atoms with Crippen LogP contribution >= 0.6 is 0 Å². The van der Waals surface area contributed by atoms with Gasteiger partial charge in [-0.15, -0.1) is 0 Å². The first-order chi connectivity index (χ1) is 9.70. The number of hydrogen-bond acceptors (Lipinski definition) is 3. The van der Waals surface area contributed by atoms with E-state index in [0.29, 0.717) is 0 Å². The highest BCUT2D eigenvalue weighted by Crippen LogP contribution is 2.29. The topological polar surface area (TPSA) is 52.0 Å². The van der Waals surface area contributed by atoms with Crippen LogP contribution in [0.2, 0.25) is 0 Å². The summed E-state index contributed by atoms with van der Waals surface area (Å²) in [6, 6.07) is 9.89. The van der Waals surface area contributed by atoms with Crippen molar-refractivity contribution in [3.05, 3.63) is 65.2 Å². The lowest BCUT2D eigenvalue weighted by molar-refractivity contribution is 0.522. The van der Waals surface area contributed by atoms with Gasteiger partial charge in [-0.05, 0) is 42.2 Å². The van der Waals surface area contributed by atoms with Gasteiger partial charge in [-0.2, -0.15) is 0 Å². The monoisotopic (exact) mass is 266 g/mol. The number of benzene rings is 1. The van der Waals surface area contributed by atoms with Crippen molar-refractivity contribution in [3.63, 3.8) is 0 Å². The quantitative estimate of drug-likeness (QED) is 0.785. The third-order valence-electron chi connectivity index (χ3n) is 3.72. The lowest BCUT2D eigenvalue weighted by Crippen LogP contribution is -2.13. The second kappa shape index (κ2) is 5.10. The average Bonchev–Trinajstić information content (AvgIpc) is 2.92. The first kappa shape index (κ1) is 12.9. The second-order valence-corrected chi connectivity index (χ2v) is 5.05. The van der Waals surface area contributed by atoms with Gasteiger partial charge >= 0.3 is 0 Å². The fraction of sp³-hybridized carbons (Fsp3) is 0.235. The molecule has 3 heteroatoms. The van der Waals surface area contributed by atoms with Crippen molar-refractivity contribution in [1.82, 2.24) is 4.98 Å². The summed E-state index contributed by atoms with van der Waals surface area (Å²) in [5.41, 5.74) is 10.7. The Morgan fingerprint density at radius 1 is 1.30 bits per heavy atom. The maximum atomic E-state index is 6.39. The molecule has 1 atom stereocenters. The van der Waals surface area contributed by atoms with Crippen molar-refractivity contribution >= 4 is 11.0 Å². The third-order valence-corrected chi connectivity index (χ3v) is 3.72. The summed E-state index contributed by atoms with van der Waals surface area (Å²) >= 11 is 0. The Bertz CT molecular complexity index is 746. The van der Waals surface area contributed by atoms with E-state index >= 15 is 0 Å². The third kappa shape index (κ3) is 2.10. The molecule has 3 rings (SSSR count). The zero-order chi connectivity index (χ0) is 14.1. The van der Waals surface area contributed by atoms with E-state index in [0.717, 1.165) is 39.8 Å². The standard InChI is InChI=1S/C17H18N2O/c1-3-12-10-19-8-7-14(12)16(18)15-9-13-6-4-5-11(2)17(13)20-15/h4-10,16H,3,18H2,1-2H3. The molecular formula is C17H18N2O. The van der Waals surface area contributed by atoms with Gasteiger partial charge in [0.25, 0.3) is 0 Å². The Morgan fingerprint density at radius 3 is 2.90 bits per heavy atom. The molecule has 0 saturated carbocycles. The zero-order valence-electron chi connectivity index (χ0n) is 11.8. The zero-order valence-corrected chi connectivity index (χ0v) is 11.8. The van der Waals surface area contributed by atoms with Gasteiger partial charge in [0.15, 0.2) is 0 Å². The molecule has 0 radical (unpaired) electrons. The smallest absolute Gasteiger partial charge is 0.137 e.